The van der Waals surface area contributed by atoms with Gasteiger partial charge in [0.15, 0.2) is 0 Å². The third-order valence-electron chi connectivity index (χ3n) is 1.90. The summed E-state index contributed by atoms with van der Waals surface area (Å²) in [7, 11) is 3.52. The fraction of sp³-hybridized carbons (Fsp3) is 0.700. The summed E-state index contributed by atoms with van der Waals surface area (Å²) in [5.74, 6) is 0.116. The lowest BCUT2D eigenvalue weighted by Gasteiger charge is -2.15. The van der Waals surface area contributed by atoms with E-state index in [1.54, 1.807) is 19.0 Å². The number of allylic oxidation sites excluding steroid dienone is 1. The van der Waals surface area contributed by atoms with E-state index in [-0.39, 0.29) is 5.91 Å². The van der Waals surface area contributed by atoms with Crippen LogP contribution in [0.2, 0.25) is 0 Å². The second kappa shape index (κ2) is 6.66. The Hall–Kier alpha value is -0.830. The Morgan fingerprint density at radius 3 is 2.69 bits per heavy atom. The van der Waals surface area contributed by atoms with Gasteiger partial charge in [0.2, 0.25) is 5.91 Å². The summed E-state index contributed by atoms with van der Waals surface area (Å²) < 4.78 is 0. The molecule has 1 N–H and O–H groups in total. The fourth-order valence-corrected chi connectivity index (χ4v) is 0.890. The van der Waals surface area contributed by atoms with Gasteiger partial charge in [-0.25, -0.2) is 0 Å². The van der Waals surface area contributed by atoms with Crippen molar-refractivity contribution in [3.05, 3.63) is 12.7 Å². The molecule has 0 saturated heterocycles. The summed E-state index contributed by atoms with van der Waals surface area (Å²) in [4.78, 5) is 12.8. The number of hydrogen-bond donors (Lipinski definition) is 1. The van der Waals surface area contributed by atoms with Gasteiger partial charge in [-0.05, 0) is 19.8 Å². The number of hydrogen-bond acceptors (Lipinski definition) is 2. The summed E-state index contributed by atoms with van der Waals surface area (Å²) in [6.45, 7) is 6.15. The molecule has 3 nitrogen and oxygen atoms in total. The maximum Gasteiger partial charge on any atom is 0.236 e. The Morgan fingerprint density at radius 2 is 2.23 bits per heavy atom. The first kappa shape index (κ1) is 12.2. The van der Waals surface area contributed by atoms with Gasteiger partial charge in [0, 0.05) is 20.1 Å². The maximum absolute atomic E-state index is 11.2. The van der Waals surface area contributed by atoms with E-state index in [9.17, 15) is 4.79 Å². The Kier molecular flexibility index (Phi) is 6.24. The minimum atomic E-state index is 0.116. The van der Waals surface area contributed by atoms with E-state index in [1.165, 1.54) is 0 Å². The van der Waals surface area contributed by atoms with Gasteiger partial charge in [-0.1, -0.05) is 6.08 Å². The van der Waals surface area contributed by atoms with E-state index < -0.39 is 0 Å². The summed E-state index contributed by atoms with van der Waals surface area (Å²) in [6.07, 6.45) is 3.92. The van der Waals surface area contributed by atoms with Crippen LogP contribution in [0.5, 0.6) is 0 Å². The number of likely N-dealkylation sites (N-methyl/N-ethyl adjacent to an activating group) is 1. The highest BCUT2D eigenvalue weighted by Gasteiger charge is 2.05. The van der Waals surface area contributed by atoms with Crippen molar-refractivity contribution in [2.45, 2.75) is 25.8 Å². The average molecular weight is 184 g/mol. The van der Waals surface area contributed by atoms with Crippen molar-refractivity contribution < 1.29 is 4.79 Å². The molecule has 1 atom stereocenters. The van der Waals surface area contributed by atoms with E-state index in [4.69, 9.17) is 0 Å². The molecule has 1 unspecified atom stereocenters. The maximum atomic E-state index is 11.2. The summed E-state index contributed by atoms with van der Waals surface area (Å²) >= 11 is 0. The third kappa shape index (κ3) is 6.34. The highest BCUT2D eigenvalue weighted by molar-refractivity contribution is 5.77. The fourth-order valence-electron chi connectivity index (χ4n) is 0.890. The average Bonchev–Trinajstić information content (AvgIpc) is 2.10. The normalized spacial score (nSPS) is 12.2. The molecule has 1 amide bonds. The van der Waals surface area contributed by atoms with Crippen molar-refractivity contribution >= 4 is 5.91 Å². The Balaban J connectivity index is 3.51. The van der Waals surface area contributed by atoms with Crippen LogP contribution < -0.4 is 5.32 Å². The zero-order chi connectivity index (χ0) is 10.3. The van der Waals surface area contributed by atoms with E-state index in [2.05, 4.69) is 18.8 Å². The van der Waals surface area contributed by atoms with Crippen molar-refractivity contribution in [2.75, 3.05) is 20.6 Å². The molecule has 13 heavy (non-hydrogen) atoms. The van der Waals surface area contributed by atoms with Gasteiger partial charge in [-0.3, -0.25) is 4.79 Å². The van der Waals surface area contributed by atoms with Crippen LogP contribution in [0.15, 0.2) is 12.7 Å². The molecule has 0 saturated carbocycles. The number of amides is 1. The molecule has 0 heterocycles. The van der Waals surface area contributed by atoms with Crippen LogP contribution >= 0.6 is 0 Å². The molecule has 0 fully saturated rings. The summed E-state index contributed by atoms with van der Waals surface area (Å²) in [5, 5.41) is 3.16. The minimum absolute atomic E-state index is 0.116. The number of carbonyl (C=O) groups excluding carboxylic acids is 1. The molecule has 0 radical (unpaired) electrons. The summed E-state index contributed by atoms with van der Waals surface area (Å²) in [6, 6.07) is 0.377. The lowest BCUT2D eigenvalue weighted by Crippen LogP contribution is -2.37. The molecule has 0 aromatic heterocycles. The van der Waals surface area contributed by atoms with Gasteiger partial charge >= 0.3 is 0 Å². The highest BCUT2D eigenvalue weighted by Crippen LogP contribution is 1.95. The van der Waals surface area contributed by atoms with Crippen molar-refractivity contribution in [2.24, 2.45) is 0 Å². The van der Waals surface area contributed by atoms with Gasteiger partial charge < -0.3 is 10.2 Å². The standard InChI is InChI=1S/C10H20N2O/c1-5-6-7-9(2)11-8-10(13)12(3)4/h5,9,11H,1,6-8H2,2-4H3. The first-order valence-corrected chi connectivity index (χ1v) is 4.62. The molecule has 0 aliphatic carbocycles. The zero-order valence-corrected chi connectivity index (χ0v) is 8.84. The molecular formula is C10H20N2O. The first-order chi connectivity index (χ1) is 6.07. The minimum Gasteiger partial charge on any atom is -0.348 e. The second-order valence-electron chi connectivity index (χ2n) is 3.44. The van der Waals surface area contributed by atoms with Crippen LogP contribution in [0.1, 0.15) is 19.8 Å². The van der Waals surface area contributed by atoms with Crippen LogP contribution in [0.4, 0.5) is 0 Å². The molecular weight excluding hydrogens is 164 g/mol. The SMILES string of the molecule is C=CCCC(C)NCC(=O)N(C)C. The molecule has 3 heteroatoms. The van der Waals surface area contributed by atoms with Gasteiger partial charge in [-0.15, -0.1) is 6.58 Å². The molecule has 0 aliphatic heterocycles. The zero-order valence-electron chi connectivity index (χ0n) is 8.84. The number of rotatable bonds is 6. The Labute approximate surface area is 80.8 Å². The van der Waals surface area contributed by atoms with Gasteiger partial charge in [0.1, 0.15) is 0 Å². The second-order valence-corrected chi connectivity index (χ2v) is 3.44. The van der Waals surface area contributed by atoms with Crippen molar-refractivity contribution in [3.63, 3.8) is 0 Å². The quantitative estimate of drug-likeness (QED) is 0.625. The topological polar surface area (TPSA) is 32.3 Å². The molecule has 0 aromatic rings. The predicted octanol–water partition coefficient (Wildman–Crippen LogP) is 1.02. The largest absolute Gasteiger partial charge is 0.348 e. The number of nitrogens with one attached hydrogen (secondary N) is 1. The van der Waals surface area contributed by atoms with Crippen molar-refractivity contribution in [1.82, 2.24) is 10.2 Å². The third-order valence-corrected chi connectivity index (χ3v) is 1.90. The highest BCUT2D eigenvalue weighted by atomic mass is 16.2. The Bertz CT molecular complexity index is 166. The van der Waals surface area contributed by atoms with Crippen molar-refractivity contribution in [3.8, 4) is 0 Å². The van der Waals surface area contributed by atoms with Crippen LogP contribution in [-0.2, 0) is 4.79 Å². The molecule has 0 aliphatic rings. The predicted molar refractivity (Wildman–Crippen MR) is 55.6 cm³/mol. The molecule has 0 spiro atoms. The van der Waals surface area contributed by atoms with E-state index >= 15 is 0 Å². The molecule has 0 rings (SSSR count). The number of nitrogens with zero attached hydrogens (tertiary/aromatic N) is 1. The lowest BCUT2D eigenvalue weighted by atomic mass is 10.2. The van der Waals surface area contributed by atoms with Gasteiger partial charge in [0.05, 0.1) is 6.54 Å². The van der Waals surface area contributed by atoms with Crippen LogP contribution in [0.3, 0.4) is 0 Å². The first-order valence-electron chi connectivity index (χ1n) is 4.62. The van der Waals surface area contributed by atoms with E-state index in [0.29, 0.717) is 12.6 Å². The number of carbonyl (C=O) groups is 1. The van der Waals surface area contributed by atoms with Gasteiger partial charge in [0.25, 0.3) is 0 Å². The van der Waals surface area contributed by atoms with Gasteiger partial charge in [-0.2, -0.15) is 0 Å². The lowest BCUT2D eigenvalue weighted by molar-refractivity contribution is -0.127. The van der Waals surface area contributed by atoms with E-state index in [1.807, 2.05) is 6.08 Å². The molecule has 0 bridgehead atoms. The van der Waals surface area contributed by atoms with Crippen LogP contribution in [-0.4, -0.2) is 37.5 Å². The molecule has 0 aromatic carbocycles. The Morgan fingerprint density at radius 1 is 1.62 bits per heavy atom. The summed E-state index contributed by atoms with van der Waals surface area (Å²) in [5.41, 5.74) is 0. The van der Waals surface area contributed by atoms with E-state index in [0.717, 1.165) is 12.8 Å². The van der Waals surface area contributed by atoms with Crippen LogP contribution in [0.25, 0.3) is 0 Å². The molecule has 76 valence electrons. The smallest absolute Gasteiger partial charge is 0.236 e. The monoisotopic (exact) mass is 184 g/mol. The van der Waals surface area contributed by atoms with Crippen molar-refractivity contribution in [1.29, 1.82) is 0 Å². The van der Waals surface area contributed by atoms with Crippen LogP contribution in [0, 0.1) is 0 Å².